The van der Waals surface area contributed by atoms with Crippen LogP contribution in [0.1, 0.15) is 118 Å². The Hall–Kier alpha value is -0.333. The lowest BCUT2D eigenvalue weighted by atomic mass is 10.0. The first kappa shape index (κ1) is 25.7. The molecule has 0 aromatic carbocycles. The molecule has 0 fully saturated rings. The highest BCUT2D eigenvalue weighted by Crippen LogP contribution is 2.37. The van der Waals surface area contributed by atoms with Gasteiger partial charge in [-0.05, 0) is 31.0 Å². The maximum Gasteiger partial charge on any atom is 0.193 e. The number of nitrogens with zero attached hydrogens (tertiary/aromatic N) is 1. The molecule has 0 aromatic heterocycles. The van der Waals surface area contributed by atoms with Crippen molar-refractivity contribution < 1.29 is 4.43 Å². The summed E-state index contributed by atoms with van der Waals surface area (Å²) in [6, 6.07) is 2.39. The number of hydrogen-bond donors (Lipinski definition) is 0. The van der Waals surface area contributed by atoms with Crippen molar-refractivity contribution in [2.45, 2.75) is 142 Å². The van der Waals surface area contributed by atoms with E-state index in [1.165, 1.54) is 77.0 Å². The van der Waals surface area contributed by atoms with Crippen molar-refractivity contribution in [1.29, 1.82) is 5.26 Å². The molecule has 0 saturated carbocycles. The van der Waals surface area contributed by atoms with Gasteiger partial charge in [0.25, 0.3) is 0 Å². The molecular weight excluding hydrogens is 334 g/mol. The topological polar surface area (TPSA) is 33.0 Å². The lowest BCUT2D eigenvalue weighted by molar-refractivity contribution is 0.217. The minimum absolute atomic E-state index is 0.179. The second kappa shape index (κ2) is 14.7. The molecule has 3 heteroatoms. The summed E-state index contributed by atoms with van der Waals surface area (Å²) in [6.07, 6.45) is 18.4. The van der Waals surface area contributed by atoms with E-state index in [4.69, 9.17) is 4.43 Å². The van der Waals surface area contributed by atoms with Crippen LogP contribution in [0.4, 0.5) is 0 Å². The molecule has 0 aliphatic carbocycles. The average molecular weight is 382 g/mol. The van der Waals surface area contributed by atoms with E-state index in [-0.39, 0.29) is 11.1 Å². The molecule has 0 radical (unpaired) electrons. The van der Waals surface area contributed by atoms with Crippen LogP contribution >= 0.6 is 0 Å². The molecule has 0 aliphatic heterocycles. The van der Waals surface area contributed by atoms with Crippen molar-refractivity contribution in [1.82, 2.24) is 0 Å². The standard InChI is InChI=1S/C23H47NOSi/c1-7-8-9-10-11-12-13-14-15-16-17-18-19-20-22(21-24)25-26(5,6)23(2,3)4/h22H,7-20H2,1-6H3. The van der Waals surface area contributed by atoms with Crippen molar-refractivity contribution in [3.8, 4) is 6.07 Å². The summed E-state index contributed by atoms with van der Waals surface area (Å²) < 4.78 is 6.24. The molecule has 154 valence electrons. The first-order chi connectivity index (χ1) is 12.2. The molecular formula is C23H47NOSi. The number of hydrogen-bond acceptors (Lipinski definition) is 2. The molecule has 0 amide bonds. The lowest BCUT2D eigenvalue weighted by Crippen LogP contribution is -2.43. The van der Waals surface area contributed by atoms with Gasteiger partial charge in [-0.2, -0.15) is 5.26 Å². The van der Waals surface area contributed by atoms with Crippen LogP contribution in [0.3, 0.4) is 0 Å². The number of unbranched alkanes of at least 4 members (excludes halogenated alkanes) is 12. The molecule has 0 bridgehead atoms. The zero-order chi connectivity index (χ0) is 19.9. The predicted molar refractivity (Wildman–Crippen MR) is 118 cm³/mol. The molecule has 1 atom stereocenters. The van der Waals surface area contributed by atoms with E-state index < -0.39 is 8.32 Å². The Balaban J connectivity index is 3.58. The van der Waals surface area contributed by atoms with Crippen LogP contribution < -0.4 is 0 Å². The van der Waals surface area contributed by atoms with Crippen LogP contribution in [0.15, 0.2) is 0 Å². The molecule has 0 aliphatic rings. The normalized spacial score (nSPS) is 13.6. The summed E-state index contributed by atoms with van der Waals surface area (Å²) in [5, 5.41) is 9.57. The van der Waals surface area contributed by atoms with E-state index in [0.29, 0.717) is 0 Å². The Bertz CT molecular complexity index is 367. The quantitative estimate of drug-likeness (QED) is 0.199. The second-order valence-electron chi connectivity index (χ2n) is 9.53. The smallest absolute Gasteiger partial charge is 0.193 e. The molecule has 26 heavy (non-hydrogen) atoms. The van der Waals surface area contributed by atoms with E-state index in [0.717, 1.165) is 12.8 Å². The SMILES string of the molecule is CCCCCCCCCCCCCCCC(C#N)O[Si](C)(C)C(C)(C)C. The fourth-order valence-corrected chi connectivity index (χ4v) is 4.27. The Labute approximate surface area is 166 Å². The van der Waals surface area contributed by atoms with Crippen LogP contribution in [0.25, 0.3) is 0 Å². The van der Waals surface area contributed by atoms with Crippen molar-refractivity contribution in [3.05, 3.63) is 0 Å². The summed E-state index contributed by atoms with van der Waals surface area (Å²) in [6.45, 7) is 13.5. The molecule has 0 N–H and O–H groups in total. The maximum absolute atomic E-state index is 9.39. The van der Waals surface area contributed by atoms with Gasteiger partial charge in [-0.25, -0.2) is 0 Å². The van der Waals surface area contributed by atoms with E-state index in [9.17, 15) is 5.26 Å². The van der Waals surface area contributed by atoms with Gasteiger partial charge >= 0.3 is 0 Å². The lowest BCUT2D eigenvalue weighted by Gasteiger charge is -2.37. The van der Waals surface area contributed by atoms with E-state index in [2.05, 4.69) is 46.9 Å². The highest BCUT2D eigenvalue weighted by atomic mass is 28.4. The fourth-order valence-electron chi connectivity index (χ4n) is 3.03. The minimum Gasteiger partial charge on any atom is -0.401 e. The van der Waals surface area contributed by atoms with Gasteiger partial charge in [0.15, 0.2) is 8.32 Å². The Morgan fingerprint density at radius 3 is 1.50 bits per heavy atom. The van der Waals surface area contributed by atoms with Crippen LogP contribution in [-0.4, -0.2) is 14.4 Å². The molecule has 1 unspecified atom stereocenters. The van der Waals surface area contributed by atoms with Gasteiger partial charge in [0.2, 0.25) is 0 Å². The van der Waals surface area contributed by atoms with Gasteiger partial charge < -0.3 is 4.43 Å². The van der Waals surface area contributed by atoms with Gasteiger partial charge in [0.05, 0.1) is 6.07 Å². The van der Waals surface area contributed by atoms with Gasteiger partial charge in [-0.1, -0.05) is 105 Å². The van der Waals surface area contributed by atoms with Crippen molar-refractivity contribution in [3.63, 3.8) is 0 Å². The van der Waals surface area contributed by atoms with Crippen LogP contribution in [0, 0.1) is 11.3 Å². The van der Waals surface area contributed by atoms with E-state index >= 15 is 0 Å². The number of nitriles is 1. The van der Waals surface area contributed by atoms with Gasteiger partial charge in [0, 0.05) is 0 Å². The second-order valence-corrected chi connectivity index (χ2v) is 14.3. The zero-order valence-corrected chi connectivity index (χ0v) is 19.8. The Morgan fingerprint density at radius 2 is 1.15 bits per heavy atom. The van der Waals surface area contributed by atoms with Gasteiger partial charge in [0.1, 0.15) is 6.10 Å². The molecule has 0 saturated heterocycles. The monoisotopic (exact) mass is 381 g/mol. The Morgan fingerprint density at radius 1 is 0.769 bits per heavy atom. The summed E-state index contributed by atoms with van der Waals surface area (Å²) in [4.78, 5) is 0. The highest BCUT2D eigenvalue weighted by molar-refractivity contribution is 6.74. The first-order valence-electron chi connectivity index (χ1n) is 11.3. The third-order valence-corrected chi connectivity index (χ3v) is 10.4. The summed E-state index contributed by atoms with van der Waals surface area (Å²) >= 11 is 0. The third-order valence-electron chi connectivity index (χ3n) is 5.96. The Kier molecular flexibility index (Phi) is 14.5. The van der Waals surface area contributed by atoms with Crippen LogP contribution in [-0.2, 0) is 4.43 Å². The van der Waals surface area contributed by atoms with E-state index in [1.54, 1.807) is 0 Å². The van der Waals surface area contributed by atoms with Crippen LogP contribution in [0.5, 0.6) is 0 Å². The third kappa shape index (κ3) is 12.9. The van der Waals surface area contributed by atoms with Crippen molar-refractivity contribution in [2.24, 2.45) is 0 Å². The molecule has 0 heterocycles. The average Bonchev–Trinajstić information content (AvgIpc) is 2.56. The number of rotatable bonds is 16. The molecule has 0 aromatic rings. The summed E-state index contributed by atoms with van der Waals surface area (Å²) in [5.74, 6) is 0. The summed E-state index contributed by atoms with van der Waals surface area (Å²) in [7, 11) is -1.82. The largest absolute Gasteiger partial charge is 0.401 e. The summed E-state index contributed by atoms with van der Waals surface area (Å²) in [5.41, 5.74) is 0. The highest BCUT2D eigenvalue weighted by Gasteiger charge is 2.39. The minimum atomic E-state index is -1.82. The predicted octanol–water partition coefficient (Wildman–Crippen LogP) is 8.38. The zero-order valence-electron chi connectivity index (χ0n) is 18.8. The van der Waals surface area contributed by atoms with E-state index in [1.807, 2.05) is 0 Å². The van der Waals surface area contributed by atoms with Gasteiger partial charge in [-0.15, -0.1) is 0 Å². The maximum atomic E-state index is 9.39. The molecule has 0 spiro atoms. The van der Waals surface area contributed by atoms with Crippen molar-refractivity contribution >= 4 is 8.32 Å². The first-order valence-corrected chi connectivity index (χ1v) is 14.2. The fraction of sp³-hybridized carbons (Fsp3) is 0.957. The molecule has 0 rings (SSSR count). The van der Waals surface area contributed by atoms with Gasteiger partial charge in [-0.3, -0.25) is 0 Å². The molecule has 2 nitrogen and oxygen atoms in total. The van der Waals surface area contributed by atoms with Crippen molar-refractivity contribution in [2.75, 3.05) is 0 Å². The van der Waals surface area contributed by atoms with Crippen LogP contribution in [0.2, 0.25) is 18.1 Å².